The number of phenolic OH excluding ortho intramolecular Hbond substituents is 2. The number of nitrogens with zero attached hydrogens (tertiary/aromatic N) is 2. The number of aryl methyl sites for hydroxylation is 2. The van der Waals surface area contributed by atoms with Gasteiger partial charge in [-0.1, -0.05) is 6.07 Å². The molecular formula is C19H18N2O3. The van der Waals surface area contributed by atoms with Crippen LogP contribution in [0, 0.1) is 13.8 Å². The van der Waals surface area contributed by atoms with Gasteiger partial charge in [0.1, 0.15) is 11.5 Å². The molecule has 1 aliphatic rings. The van der Waals surface area contributed by atoms with Crippen LogP contribution in [0.1, 0.15) is 23.6 Å². The number of hydrogen-bond donors (Lipinski definition) is 2. The highest BCUT2D eigenvalue weighted by atomic mass is 16.3. The van der Waals surface area contributed by atoms with Gasteiger partial charge in [0.25, 0.3) is 5.91 Å². The summed E-state index contributed by atoms with van der Waals surface area (Å²) in [5, 5.41) is 25.0. The van der Waals surface area contributed by atoms with Gasteiger partial charge in [-0.2, -0.15) is 10.1 Å². The molecule has 1 amide bonds. The number of hydrazone groups is 1. The molecular weight excluding hydrogens is 304 g/mol. The fourth-order valence-electron chi connectivity index (χ4n) is 2.53. The third kappa shape index (κ3) is 2.76. The second-order valence-corrected chi connectivity index (χ2v) is 5.87. The van der Waals surface area contributed by atoms with Gasteiger partial charge in [-0.05, 0) is 62.2 Å². The predicted octanol–water partition coefficient (Wildman–Crippen LogP) is 3.52. The molecule has 2 N–H and O–H groups in total. The van der Waals surface area contributed by atoms with Crippen molar-refractivity contribution in [1.82, 2.24) is 0 Å². The quantitative estimate of drug-likeness (QED) is 0.831. The van der Waals surface area contributed by atoms with Crippen LogP contribution >= 0.6 is 0 Å². The largest absolute Gasteiger partial charge is 0.508 e. The van der Waals surface area contributed by atoms with E-state index in [1.807, 2.05) is 32.0 Å². The van der Waals surface area contributed by atoms with Crippen molar-refractivity contribution in [2.75, 3.05) is 5.01 Å². The lowest BCUT2D eigenvalue weighted by Crippen LogP contribution is -2.21. The van der Waals surface area contributed by atoms with Gasteiger partial charge >= 0.3 is 0 Å². The Morgan fingerprint density at radius 1 is 1.00 bits per heavy atom. The summed E-state index contributed by atoms with van der Waals surface area (Å²) in [6, 6.07) is 9.98. The van der Waals surface area contributed by atoms with E-state index < -0.39 is 0 Å². The molecule has 1 heterocycles. The Labute approximate surface area is 140 Å². The summed E-state index contributed by atoms with van der Waals surface area (Å²) >= 11 is 0. The summed E-state index contributed by atoms with van der Waals surface area (Å²) in [6.45, 7) is 5.75. The van der Waals surface area contributed by atoms with Crippen molar-refractivity contribution in [2.24, 2.45) is 5.10 Å². The Balaban J connectivity index is 1.98. The van der Waals surface area contributed by atoms with Crippen LogP contribution in [0.25, 0.3) is 6.08 Å². The van der Waals surface area contributed by atoms with Crippen molar-refractivity contribution in [3.05, 3.63) is 58.7 Å². The predicted molar refractivity (Wildman–Crippen MR) is 94.3 cm³/mol. The lowest BCUT2D eigenvalue weighted by atomic mass is 10.1. The molecule has 2 aromatic rings. The number of benzene rings is 2. The molecule has 0 fully saturated rings. The smallest absolute Gasteiger partial charge is 0.280 e. The Morgan fingerprint density at radius 2 is 1.75 bits per heavy atom. The van der Waals surface area contributed by atoms with Crippen molar-refractivity contribution in [2.45, 2.75) is 20.8 Å². The molecule has 0 aliphatic carbocycles. The van der Waals surface area contributed by atoms with Crippen LogP contribution in [0.3, 0.4) is 0 Å². The number of anilines is 1. The van der Waals surface area contributed by atoms with E-state index in [2.05, 4.69) is 5.10 Å². The molecule has 0 spiro atoms. The van der Waals surface area contributed by atoms with Gasteiger partial charge < -0.3 is 10.2 Å². The number of carbonyl (C=O) groups excluding carboxylic acids is 1. The lowest BCUT2D eigenvalue weighted by Gasteiger charge is -2.13. The van der Waals surface area contributed by atoms with Crippen molar-refractivity contribution >= 4 is 23.4 Å². The molecule has 1 aliphatic heterocycles. The second-order valence-electron chi connectivity index (χ2n) is 5.87. The average molecular weight is 322 g/mol. The molecule has 5 nitrogen and oxygen atoms in total. The van der Waals surface area contributed by atoms with Crippen LogP contribution < -0.4 is 5.01 Å². The van der Waals surface area contributed by atoms with Crippen LogP contribution in [0.5, 0.6) is 11.5 Å². The average Bonchev–Trinajstić information content (AvgIpc) is 2.80. The molecule has 0 unspecified atom stereocenters. The number of hydrogen-bond acceptors (Lipinski definition) is 4. The Hall–Kier alpha value is -3.08. The van der Waals surface area contributed by atoms with E-state index >= 15 is 0 Å². The number of carbonyl (C=O) groups is 1. The maximum absolute atomic E-state index is 12.7. The maximum atomic E-state index is 12.7. The van der Waals surface area contributed by atoms with Crippen LogP contribution in [-0.2, 0) is 4.79 Å². The molecule has 0 saturated heterocycles. The number of phenols is 2. The molecule has 0 atom stereocenters. The van der Waals surface area contributed by atoms with E-state index in [1.54, 1.807) is 19.1 Å². The van der Waals surface area contributed by atoms with E-state index in [4.69, 9.17) is 0 Å². The van der Waals surface area contributed by atoms with Gasteiger partial charge in [-0.15, -0.1) is 0 Å². The first-order valence-corrected chi connectivity index (χ1v) is 7.58. The Morgan fingerprint density at radius 3 is 2.42 bits per heavy atom. The van der Waals surface area contributed by atoms with Gasteiger partial charge in [0.2, 0.25) is 0 Å². The van der Waals surface area contributed by atoms with Crippen molar-refractivity contribution in [1.29, 1.82) is 0 Å². The SMILES string of the molecule is CC1=NN(c2ccc(C)c(C)c2)C(=O)/C1=C/c1ccc(O)cc1O. The van der Waals surface area contributed by atoms with Crippen LogP contribution in [0.15, 0.2) is 47.1 Å². The minimum atomic E-state index is -0.247. The Bertz CT molecular complexity index is 897. The van der Waals surface area contributed by atoms with Crippen LogP contribution in [-0.4, -0.2) is 21.8 Å². The topological polar surface area (TPSA) is 73.1 Å². The second kappa shape index (κ2) is 5.85. The maximum Gasteiger partial charge on any atom is 0.280 e. The first-order valence-electron chi connectivity index (χ1n) is 7.58. The minimum Gasteiger partial charge on any atom is -0.508 e. The molecule has 5 heteroatoms. The van der Waals surface area contributed by atoms with Crippen LogP contribution in [0.2, 0.25) is 0 Å². The molecule has 0 radical (unpaired) electrons. The Kier molecular flexibility index (Phi) is 3.85. The highest BCUT2D eigenvalue weighted by molar-refractivity contribution is 6.32. The van der Waals surface area contributed by atoms with E-state index in [0.717, 1.165) is 11.1 Å². The molecule has 0 bridgehead atoms. The van der Waals surface area contributed by atoms with E-state index in [1.165, 1.54) is 17.1 Å². The van der Waals surface area contributed by atoms with Gasteiger partial charge in [0, 0.05) is 11.6 Å². The first-order chi connectivity index (χ1) is 11.4. The van der Waals surface area contributed by atoms with E-state index in [9.17, 15) is 15.0 Å². The first kappa shape index (κ1) is 15.8. The summed E-state index contributed by atoms with van der Waals surface area (Å²) < 4.78 is 0. The molecule has 24 heavy (non-hydrogen) atoms. The van der Waals surface area contributed by atoms with Gasteiger partial charge in [-0.25, -0.2) is 0 Å². The fraction of sp³-hybridized carbons (Fsp3) is 0.158. The molecule has 3 rings (SSSR count). The van der Waals surface area contributed by atoms with Crippen molar-refractivity contribution in [3.8, 4) is 11.5 Å². The van der Waals surface area contributed by atoms with E-state index in [0.29, 0.717) is 22.5 Å². The molecule has 0 aromatic heterocycles. The summed E-state index contributed by atoms with van der Waals surface area (Å²) in [5.74, 6) is -0.370. The van der Waals surface area contributed by atoms with Crippen molar-refractivity contribution in [3.63, 3.8) is 0 Å². The zero-order valence-electron chi connectivity index (χ0n) is 13.7. The third-order valence-electron chi connectivity index (χ3n) is 4.11. The summed E-state index contributed by atoms with van der Waals surface area (Å²) in [7, 11) is 0. The highest BCUT2D eigenvalue weighted by Crippen LogP contribution is 2.29. The van der Waals surface area contributed by atoms with Gasteiger partial charge in [-0.3, -0.25) is 4.79 Å². The number of aromatic hydroxyl groups is 2. The summed E-state index contributed by atoms with van der Waals surface area (Å²) in [6.07, 6.45) is 1.58. The molecule has 122 valence electrons. The zero-order valence-corrected chi connectivity index (χ0v) is 13.7. The van der Waals surface area contributed by atoms with Gasteiger partial charge in [0.15, 0.2) is 0 Å². The molecule has 2 aromatic carbocycles. The normalized spacial score (nSPS) is 16.0. The zero-order chi connectivity index (χ0) is 17.4. The van der Waals surface area contributed by atoms with Gasteiger partial charge in [0.05, 0.1) is 17.0 Å². The minimum absolute atomic E-state index is 0.0328. The summed E-state index contributed by atoms with van der Waals surface area (Å²) in [4.78, 5) is 12.7. The lowest BCUT2D eigenvalue weighted by molar-refractivity contribution is -0.114. The van der Waals surface area contributed by atoms with E-state index in [-0.39, 0.29) is 17.4 Å². The number of rotatable bonds is 2. The van der Waals surface area contributed by atoms with Crippen molar-refractivity contribution < 1.29 is 15.0 Å². The van der Waals surface area contributed by atoms with Crippen LogP contribution in [0.4, 0.5) is 5.69 Å². The number of amides is 1. The third-order valence-corrected chi connectivity index (χ3v) is 4.11. The molecule has 0 saturated carbocycles. The highest BCUT2D eigenvalue weighted by Gasteiger charge is 2.29. The standard InChI is InChI=1S/C19H18N2O3/c1-11-4-6-15(8-12(11)2)21-19(24)17(13(3)20-21)9-14-5-7-16(22)10-18(14)23/h4-10,22-23H,1-3H3/b17-9+. The fourth-order valence-corrected chi connectivity index (χ4v) is 2.53. The monoisotopic (exact) mass is 322 g/mol. The summed E-state index contributed by atoms with van der Waals surface area (Å²) in [5.41, 5.74) is 4.38.